The molecule has 0 bridgehead atoms. The normalized spacial score (nSPS) is 10.4. The molecule has 0 unspecified atom stereocenters. The van der Waals surface area contributed by atoms with Crippen molar-refractivity contribution in [1.29, 1.82) is 0 Å². The average Bonchev–Trinajstić information content (AvgIpc) is 2.45. The van der Waals surface area contributed by atoms with E-state index < -0.39 is 0 Å². The molecule has 0 N–H and O–H groups in total. The second kappa shape index (κ2) is 7.80. The summed E-state index contributed by atoms with van der Waals surface area (Å²) in [5, 5.41) is 0. The second-order valence-electron chi connectivity index (χ2n) is 4.02. The van der Waals surface area contributed by atoms with E-state index in [1.54, 1.807) is 24.8 Å². The molecule has 1 aromatic heterocycles. The number of para-hydroxylation sites is 1. The minimum atomic E-state index is 0. The summed E-state index contributed by atoms with van der Waals surface area (Å²) in [7, 11) is 0. The SMILES string of the molecule is CCc1cccc(CC)c1N=Cc1cnccn1.[Ni+2]. The zero-order valence-corrected chi connectivity index (χ0v) is 12.1. The number of nitrogens with zero attached hydrogens (tertiary/aromatic N) is 3. The van der Waals surface area contributed by atoms with Crippen LogP contribution in [0.25, 0.3) is 0 Å². The summed E-state index contributed by atoms with van der Waals surface area (Å²) in [6, 6.07) is 6.35. The topological polar surface area (TPSA) is 38.1 Å². The quantitative estimate of drug-likeness (QED) is 0.641. The summed E-state index contributed by atoms with van der Waals surface area (Å²) < 4.78 is 0. The third kappa shape index (κ3) is 3.97. The molecule has 2 rings (SSSR count). The maximum atomic E-state index is 4.59. The largest absolute Gasteiger partial charge is 2.00 e. The van der Waals surface area contributed by atoms with Gasteiger partial charge in [0.15, 0.2) is 0 Å². The number of aromatic nitrogens is 2. The molecule has 2 aromatic rings. The van der Waals surface area contributed by atoms with Crippen LogP contribution in [0.4, 0.5) is 5.69 Å². The zero-order valence-electron chi connectivity index (χ0n) is 11.1. The van der Waals surface area contributed by atoms with Gasteiger partial charge in [0, 0.05) is 12.4 Å². The van der Waals surface area contributed by atoms with E-state index in [-0.39, 0.29) is 16.5 Å². The van der Waals surface area contributed by atoms with Crippen LogP contribution in [0.2, 0.25) is 0 Å². The molecule has 1 heterocycles. The number of hydrogen-bond donors (Lipinski definition) is 0. The minimum Gasteiger partial charge on any atom is -0.261 e. The molecule has 0 fully saturated rings. The molecule has 19 heavy (non-hydrogen) atoms. The molecule has 0 spiro atoms. The molecular weight excluding hydrogens is 281 g/mol. The molecule has 0 aliphatic rings. The fourth-order valence-corrected chi connectivity index (χ4v) is 1.89. The van der Waals surface area contributed by atoms with Gasteiger partial charge in [-0.15, -0.1) is 0 Å². The predicted octanol–water partition coefficient (Wildman–Crippen LogP) is 3.35. The van der Waals surface area contributed by atoms with Crippen molar-refractivity contribution in [2.75, 3.05) is 0 Å². The van der Waals surface area contributed by atoms with Crippen LogP contribution in [-0.2, 0) is 29.3 Å². The molecule has 0 aliphatic heterocycles. The van der Waals surface area contributed by atoms with Gasteiger partial charge in [0.25, 0.3) is 0 Å². The third-order valence-corrected chi connectivity index (χ3v) is 2.87. The van der Waals surface area contributed by atoms with Crippen molar-refractivity contribution in [3.8, 4) is 0 Å². The van der Waals surface area contributed by atoms with Crippen molar-refractivity contribution in [2.24, 2.45) is 4.99 Å². The second-order valence-corrected chi connectivity index (χ2v) is 4.02. The summed E-state index contributed by atoms with van der Waals surface area (Å²) in [5.41, 5.74) is 4.41. The Hall–Kier alpha value is -1.54. The van der Waals surface area contributed by atoms with Crippen molar-refractivity contribution in [2.45, 2.75) is 26.7 Å². The number of aliphatic imine (C=N–C) groups is 1. The molecule has 0 saturated carbocycles. The summed E-state index contributed by atoms with van der Waals surface area (Å²) >= 11 is 0. The molecule has 100 valence electrons. The number of aryl methyl sites for hydroxylation is 2. The van der Waals surface area contributed by atoms with Crippen LogP contribution in [0.5, 0.6) is 0 Å². The van der Waals surface area contributed by atoms with Crippen LogP contribution in [0.15, 0.2) is 41.8 Å². The molecule has 4 heteroatoms. The van der Waals surface area contributed by atoms with Crippen LogP contribution in [0.3, 0.4) is 0 Å². The Morgan fingerprint density at radius 3 is 2.32 bits per heavy atom. The number of hydrogen-bond acceptors (Lipinski definition) is 3. The van der Waals surface area contributed by atoms with Gasteiger partial charge < -0.3 is 0 Å². The molecule has 1 aromatic carbocycles. The first-order valence-corrected chi connectivity index (χ1v) is 6.26. The Labute approximate surface area is 124 Å². The summed E-state index contributed by atoms with van der Waals surface area (Å²) in [6.45, 7) is 4.30. The maximum Gasteiger partial charge on any atom is 2.00 e. The van der Waals surface area contributed by atoms with E-state index in [2.05, 4.69) is 47.0 Å². The standard InChI is InChI=1S/C15H17N3.Ni/c1-3-12-6-5-7-13(4-2)15(12)18-11-14-10-16-8-9-17-14;/h5-11H,3-4H2,1-2H3;/q;+2. The molecule has 0 saturated heterocycles. The first-order chi connectivity index (χ1) is 8.85. The van der Waals surface area contributed by atoms with E-state index in [4.69, 9.17) is 0 Å². The van der Waals surface area contributed by atoms with E-state index in [0.29, 0.717) is 0 Å². The van der Waals surface area contributed by atoms with Gasteiger partial charge in [-0.05, 0) is 24.0 Å². The van der Waals surface area contributed by atoms with Gasteiger partial charge in [0.05, 0.1) is 23.8 Å². The van der Waals surface area contributed by atoms with Gasteiger partial charge in [-0.3, -0.25) is 15.0 Å². The van der Waals surface area contributed by atoms with E-state index in [1.165, 1.54) is 11.1 Å². The van der Waals surface area contributed by atoms with Crippen LogP contribution in [-0.4, -0.2) is 16.2 Å². The average molecular weight is 298 g/mol. The molecular formula is C15H17N3Ni+2. The Morgan fingerprint density at radius 1 is 1.11 bits per heavy atom. The molecule has 0 atom stereocenters. The Morgan fingerprint density at radius 2 is 1.79 bits per heavy atom. The van der Waals surface area contributed by atoms with Crippen LogP contribution >= 0.6 is 0 Å². The molecule has 3 nitrogen and oxygen atoms in total. The van der Waals surface area contributed by atoms with Crippen LogP contribution in [0, 0.1) is 0 Å². The molecule has 0 aliphatic carbocycles. The van der Waals surface area contributed by atoms with Crippen molar-refractivity contribution < 1.29 is 16.5 Å². The Balaban J connectivity index is 0.00000180. The van der Waals surface area contributed by atoms with Gasteiger partial charge >= 0.3 is 16.5 Å². The smallest absolute Gasteiger partial charge is 0.261 e. The van der Waals surface area contributed by atoms with Gasteiger partial charge in [-0.25, -0.2) is 0 Å². The van der Waals surface area contributed by atoms with Gasteiger partial charge in [0.1, 0.15) is 0 Å². The van der Waals surface area contributed by atoms with E-state index in [9.17, 15) is 0 Å². The first kappa shape index (κ1) is 15.5. The van der Waals surface area contributed by atoms with Crippen molar-refractivity contribution >= 4 is 11.9 Å². The fraction of sp³-hybridized carbons (Fsp3) is 0.267. The third-order valence-electron chi connectivity index (χ3n) is 2.87. The van der Waals surface area contributed by atoms with Crippen LogP contribution < -0.4 is 0 Å². The van der Waals surface area contributed by atoms with Crippen LogP contribution in [0.1, 0.15) is 30.7 Å². The molecule has 0 radical (unpaired) electrons. The Kier molecular flexibility index (Phi) is 6.37. The summed E-state index contributed by atoms with van der Waals surface area (Å²) in [4.78, 5) is 12.8. The monoisotopic (exact) mass is 297 g/mol. The van der Waals surface area contributed by atoms with E-state index in [0.717, 1.165) is 24.2 Å². The number of benzene rings is 1. The summed E-state index contributed by atoms with van der Waals surface area (Å²) in [5.74, 6) is 0. The predicted molar refractivity (Wildman–Crippen MR) is 74.5 cm³/mol. The van der Waals surface area contributed by atoms with Crippen molar-refractivity contribution in [1.82, 2.24) is 9.97 Å². The maximum absolute atomic E-state index is 4.59. The van der Waals surface area contributed by atoms with Crippen molar-refractivity contribution in [3.05, 3.63) is 53.6 Å². The fourth-order valence-electron chi connectivity index (χ4n) is 1.89. The minimum absolute atomic E-state index is 0. The first-order valence-electron chi connectivity index (χ1n) is 6.26. The van der Waals surface area contributed by atoms with Gasteiger partial charge in [0.2, 0.25) is 0 Å². The van der Waals surface area contributed by atoms with Gasteiger partial charge in [-0.1, -0.05) is 32.0 Å². The van der Waals surface area contributed by atoms with E-state index >= 15 is 0 Å². The number of rotatable bonds is 4. The summed E-state index contributed by atoms with van der Waals surface area (Å²) in [6.07, 6.45) is 8.80. The van der Waals surface area contributed by atoms with Crippen molar-refractivity contribution in [3.63, 3.8) is 0 Å². The van der Waals surface area contributed by atoms with Gasteiger partial charge in [-0.2, -0.15) is 0 Å². The Bertz CT molecular complexity index is 516. The zero-order chi connectivity index (χ0) is 12.8. The molecule has 0 amide bonds. The van der Waals surface area contributed by atoms with E-state index in [1.807, 2.05) is 0 Å².